The van der Waals surface area contributed by atoms with E-state index in [9.17, 15) is 4.79 Å². The van der Waals surface area contributed by atoms with Crippen LogP contribution in [0, 0.1) is 0 Å². The first-order valence-electron chi connectivity index (χ1n) is 9.49. The van der Waals surface area contributed by atoms with Crippen molar-refractivity contribution in [2.75, 3.05) is 24.2 Å². The highest BCUT2D eigenvalue weighted by molar-refractivity contribution is 7.97. The lowest BCUT2D eigenvalue weighted by Gasteiger charge is -2.33. The summed E-state index contributed by atoms with van der Waals surface area (Å²) >= 11 is 1.71. The van der Waals surface area contributed by atoms with Crippen molar-refractivity contribution in [1.82, 2.24) is 24.8 Å². The minimum atomic E-state index is 0.0198. The van der Waals surface area contributed by atoms with Crippen molar-refractivity contribution in [1.29, 1.82) is 0 Å². The molecule has 1 fully saturated rings. The summed E-state index contributed by atoms with van der Waals surface area (Å²) in [4.78, 5) is 28.3. The Kier molecular flexibility index (Phi) is 5.76. The smallest absolute Gasteiger partial charge is 0.240 e. The van der Waals surface area contributed by atoms with E-state index >= 15 is 0 Å². The second kappa shape index (κ2) is 8.60. The molecule has 1 saturated heterocycles. The molecule has 1 aliphatic heterocycles. The molecular weight excluding hydrogens is 372 g/mol. The Bertz CT molecular complexity index is 944. The maximum Gasteiger partial charge on any atom is 0.240 e. The van der Waals surface area contributed by atoms with Crippen molar-refractivity contribution in [2.45, 2.75) is 31.2 Å². The van der Waals surface area contributed by atoms with Crippen molar-refractivity contribution >= 4 is 34.7 Å². The van der Waals surface area contributed by atoms with Crippen LogP contribution in [0.15, 0.2) is 42.7 Å². The molecule has 1 aromatic carbocycles. The molecule has 0 bridgehead atoms. The van der Waals surface area contributed by atoms with Gasteiger partial charge in [0.2, 0.25) is 11.9 Å². The lowest BCUT2D eigenvalue weighted by molar-refractivity contribution is -0.122. The van der Waals surface area contributed by atoms with Gasteiger partial charge in [-0.3, -0.25) is 4.79 Å². The highest BCUT2D eigenvalue weighted by Crippen LogP contribution is 2.19. The highest BCUT2D eigenvalue weighted by atomic mass is 32.2. The number of hydrogen-bond acceptors (Lipinski definition) is 6. The maximum absolute atomic E-state index is 12.8. The Morgan fingerprint density at radius 2 is 2.07 bits per heavy atom. The maximum atomic E-state index is 12.8. The van der Waals surface area contributed by atoms with Crippen LogP contribution in [0.1, 0.15) is 18.7 Å². The molecule has 8 heteroatoms. The number of anilines is 1. The third-order valence-corrected chi connectivity index (χ3v) is 5.48. The topological polar surface area (TPSA) is 75.9 Å². The van der Waals surface area contributed by atoms with Gasteiger partial charge in [-0.15, -0.1) is 0 Å². The Morgan fingerprint density at radius 1 is 1.25 bits per heavy atom. The third-order valence-electron chi connectivity index (χ3n) is 4.93. The summed E-state index contributed by atoms with van der Waals surface area (Å²) in [5, 5.41) is 3.20. The number of piperidine rings is 1. The fourth-order valence-electron chi connectivity index (χ4n) is 3.69. The van der Waals surface area contributed by atoms with E-state index < -0.39 is 0 Å². The molecule has 7 nitrogen and oxygen atoms in total. The summed E-state index contributed by atoms with van der Waals surface area (Å²) in [5.74, 6) is 2.47. The zero-order valence-corrected chi connectivity index (χ0v) is 16.7. The summed E-state index contributed by atoms with van der Waals surface area (Å²) in [7, 11) is 0. The normalized spacial score (nSPS) is 17.0. The van der Waals surface area contributed by atoms with E-state index in [0.29, 0.717) is 0 Å². The Morgan fingerprint density at radius 3 is 2.89 bits per heavy atom. The van der Waals surface area contributed by atoms with Crippen molar-refractivity contribution in [2.24, 2.45) is 0 Å². The number of rotatable bonds is 6. The molecule has 1 amide bonds. The molecular formula is C20H24N6OS. The molecule has 2 aromatic heterocycles. The van der Waals surface area contributed by atoms with Gasteiger partial charge in [0.25, 0.3) is 0 Å². The summed E-state index contributed by atoms with van der Waals surface area (Å²) < 4.78 is 2.03. The van der Waals surface area contributed by atoms with Gasteiger partial charge in [0.05, 0.1) is 16.8 Å². The number of nitrogens with zero attached hydrogens (tertiary/aromatic N) is 5. The molecule has 3 heterocycles. The van der Waals surface area contributed by atoms with Crippen LogP contribution in [-0.2, 0) is 17.1 Å². The van der Waals surface area contributed by atoms with E-state index in [4.69, 9.17) is 4.98 Å². The van der Waals surface area contributed by atoms with E-state index in [1.165, 1.54) is 0 Å². The first-order valence-corrected chi connectivity index (χ1v) is 10.9. The third kappa shape index (κ3) is 4.11. The molecule has 1 unspecified atom stereocenters. The molecule has 28 heavy (non-hydrogen) atoms. The monoisotopic (exact) mass is 396 g/mol. The van der Waals surface area contributed by atoms with Crippen LogP contribution >= 0.6 is 11.8 Å². The molecule has 146 valence electrons. The average molecular weight is 397 g/mol. The predicted molar refractivity (Wildman–Crippen MR) is 112 cm³/mol. The van der Waals surface area contributed by atoms with Gasteiger partial charge in [-0.1, -0.05) is 12.1 Å². The number of hydrogen-bond donors (Lipinski definition) is 1. The van der Waals surface area contributed by atoms with Crippen molar-refractivity contribution in [3.8, 4) is 0 Å². The fourth-order valence-corrected chi connectivity index (χ4v) is 4.17. The lowest BCUT2D eigenvalue weighted by Crippen LogP contribution is -2.49. The quantitative estimate of drug-likeness (QED) is 0.690. The highest BCUT2D eigenvalue weighted by Gasteiger charge is 2.23. The molecule has 1 atom stereocenters. The number of imidazole rings is 1. The predicted octanol–water partition coefficient (Wildman–Crippen LogP) is 2.47. The number of para-hydroxylation sites is 2. The van der Waals surface area contributed by atoms with E-state index in [0.717, 1.165) is 54.5 Å². The van der Waals surface area contributed by atoms with Gasteiger partial charge in [-0.2, -0.15) is 11.8 Å². The molecule has 0 spiro atoms. The van der Waals surface area contributed by atoms with Crippen LogP contribution in [0.3, 0.4) is 0 Å². The summed E-state index contributed by atoms with van der Waals surface area (Å²) in [6.45, 7) is 1.94. The average Bonchev–Trinajstić information content (AvgIpc) is 3.06. The van der Waals surface area contributed by atoms with Gasteiger partial charge in [0, 0.05) is 31.5 Å². The lowest BCUT2D eigenvalue weighted by atomic mass is 10.1. The number of fused-ring (bicyclic) bond motifs is 1. The molecule has 1 aliphatic rings. The Labute approximate surface area is 168 Å². The standard InChI is InChI=1S/C20H24N6OS/c1-28-14-18-24-16-7-2-3-8-17(16)26(18)13-19(27)23-15-6-4-11-25(12-15)20-21-9-5-10-22-20/h2-3,5,7-10,15H,4,6,11-14H2,1H3,(H,23,27). The van der Waals surface area contributed by atoms with E-state index in [-0.39, 0.29) is 18.5 Å². The van der Waals surface area contributed by atoms with Crippen LogP contribution in [-0.4, -0.2) is 50.8 Å². The number of benzene rings is 1. The van der Waals surface area contributed by atoms with Gasteiger partial charge in [-0.25, -0.2) is 15.0 Å². The van der Waals surface area contributed by atoms with E-state index in [1.807, 2.05) is 41.2 Å². The number of aromatic nitrogens is 4. The van der Waals surface area contributed by atoms with Crippen LogP contribution < -0.4 is 10.2 Å². The summed E-state index contributed by atoms with van der Waals surface area (Å²) in [6, 6.07) is 9.89. The van der Waals surface area contributed by atoms with Gasteiger partial charge in [0.15, 0.2) is 0 Å². The largest absolute Gasteiger partial charge is 0.350 e. The van der Waals surface area contributed by atoms with E-state index in [1.54, 1.807) is 24.2 Å². The number of carbonyl (C=O) groups excluding carboxylic acids is 1. The molecule has 1 N–H and O–H groups in total. The number of nitrogens with one attached hydrogen (secondary N) is 1. The van der Waals surface area contributed by atoms with Gasteiger partial charge in [0.1, 0.15) is 12.4 Å². The van der Waals surface area contributed by atoms with Crippen molar-refractivity contribution in [3.05, 3.63) is 48.5 Å². The number of amides is 1. The van der Waals surface area contributed by atoms with Crippen LogP contribution in [0.2, 0.25) is 0 Å². The number of carbonyl (C=O) groups is 1. The molecule has 0 aliphatic carbocycles. The fraction of sp³-hybridized carbons (Fsp3) is 0.400. The first-order chi connectivity index (χ1) is 13.7. The minimum absolute atomic E-state index is 0.0198. The molecule has 0 radical (unpaired) electrons. The van der Waals surface area contributed by atoms with Crippen LogP contribution in [0.25, 0.3) is 11.0 Å². The van der Waals surface area contributed by atoms with Crippen LogP contribution in [0.4, 0.5) is 5.95 Å². The SMILES string of the molecule is CSCc1nc2ccccc2n1CC(=O)NC1CCCN(c2ncccn2)C1. The van der Waals surface area contributed by atoms with Gasteiger partial charge < -0.3 is 14.8 Å². The van der Waals surface area contributed by atoms with Gasteiger partial charge in [-0.05, 0) is 37.3 Å². The van der Waals surface area contributed by atoms with Crippen molar-refractivity contribution < 1.29 is 4.79 Å². The first kappa shape index (κ1) is 18.7. The van der Waals surface area contributed by atoms with Crippen molar-refractivity contribution in [3.63, 3.8) is 0 Å². The van der Waals surface area contributed by atoms with Gasteiger partial charge >= 0.3 is 0 Å². The molecule has 4 rings (SSSR count). The minimum Gasteiger partial charge on any atom is -0.350 e. The molecule has 0 saturated carbocycles. The van der Waals surface area contributed by atoms with Crippen LogP contribution in [0.5, 0.6) is 0 Å². The molecule has 3 aromatic rings. The second-order valence-electron chi connectivity index (χ2n) is 6.94. The summed E-state index contributed by atoms with van der Waals surface area (Å²) in [6.07, 6.45) is 7.53. The Balaban J connectivity index is 1.44. The summed E-state index contributed by atoms with van der Waals surface area (Å²) in [5.41, 5.74) is 1.94. The van der Waals surface area contributed by atoms with E-state index in [2.05, 4.69) is 20.2 Å². The second-order valence-corrected chi connectivity index (χ2v) is 7.80. The Hall–Kier alpha value is -2.61. The zero-order chi connectivity index (χ0) is 19.3. The number of thioether (sulfide) groups is 1. The zero-order valence-electron chi connectivity index (χ0n) is 15.9.